The van der Waals surface area contributed by atoms with Gasteiger partial charge in [0, 0.05) is 23.7 Å². The Bertz CT molecular complexity index is 114. The number of hydrogen-bond donors (Lipinski definition) is 1. The summed E-state index contributed by atoms with van der Waals surface area (Å²) in [7, 11) is 1.00. The van der Waals surface area contributed by atoms with Crippen LogP contribution in [0.1, 0.15) is 0 Å². The first kappa shape index (κ1) is 5.84. The van der Waals surface area contributed by atoms with Crippen LogP contribution in [0, 0.1) is 0 Å². The molecule has 0 aromatic carbocycles. The molecule has 0 amide bonds. The van der Waals surface area contributed by atoms with Gasteiger partial charge in [-0.05, 0) is 0 Å². The van der Waals surface area contributed by atoms with Crippen molar-refractivity contribution in [2.75, 3.05) is 12.3 Å². The fraction of sp³-hybridized carbons (Fsp3) is 0.333. The van der Waals surface area contributed by atoms with Gasteiger partial charge in [0.2, 0.25) is 0 Å². The molecule has 0 bridgehead atoms. The van der Waals surface area contributed by atoms with Crippen molar-refractivity contribution in [2.24, 2.45) is 0 Å². The van der Waals surface area contributed by atoms with Crippen LogP contribution in [-0.2, 0) is 0 Å². The second-order valence-electron chi connectivity index (χ2n) is 1.94. The largest absolute Gasteiger partial charge is 0.363 e. The van der Waals surface area contributed by atoms with Gasteiger partial charge in [-0.15, -0.1) is 8.58 Å². The van der Waals surface area contributed by atoms with E-state index in [9.17, 15) is 0 Å². The van der Waals surface area contributed by atoms with E-state index in [1.54, 1.807) is 0 Å². The topological polar surface area (TPSA) is 12.0 Å². The SMILES string of the molecule is C=C1CPCC(=C)N1. The number of rotatable bonds is 0. The maximum atomic E-state index is 3.80. The molecule has 0 unspecified atom stereocenters. The number of hydrogen-bond acceptors (Lipinski definition) is 1. The lowest BCUT2D eigenvalue weighted by molar-refractivity contribution is 0.969. The number of allylic oxidation sites excluding steroid dienone is 2. The highest BCUT2D eigenvalue weighted by molar-refractivity contribution is 7.38. The van der Waals surface area contributed by atoms with Crippen molar-refractivity contribution in [3.63, 3.8) is 0 Å². The Kier molecular flexibility index (Phi) is 1.69. The molecule has 2 heteroatoms. The van der Waals surface area contributed by atoms with E-state index >= 15 is 0 Å². The summed E-state index contributed by atoms with van der Waals surface area (Å²) >= 11 is 0. The molecular weight excluding hydrogens is 117 g/mol. The molecule has 0 saturated carbocycles. The third-order valence-corrected chi connectivity index (χ3v) is 2.38. The molecule has 8 heavy (non-hydrogen) atoms. The quantitative estimate of drug-likeness (QED) is 0.483. The summed E-state index contributed by atoms with van der Waals surface area (Å²) in [5.41, 5.74) is 2.25. The van der Waals surface area contributed by atoms with Crippen molar-refractivity contribution in [1.82, 2.24) is 5.32 Å². The summed E-state index contributed by atoms with van der Waals surface area (Å²) in [6.45, 7) is 7.60. The molecule has 1 saturated heterocycles. The molecule has 1 aliphatic heterocycles. The van der Waals surface area contributed by atoms with Crippen LogP contribution >= 0.6 is 8.58 Å². The Balaban J connectivity index is 2.45. The highest BCUT2D eigenvalue weighted by Crippen LogP contribution is 2.20. The molecule has 1 aliphatic rings. The van der Waals surface area contributed by atoms with Crippen LogP contribution in [0.4, 0.5) is 0 Å². The van der Waals surface area contributed by atoms with Crippen LogP contribution in [0.3, 0.4) is 0 Å². The lowest BCUT2D eigenvalue weighted by Gasteiger charge is -2.17. The van der Waals surface area contributed by atoms with E-state index < -0.39 is 0 Å². The van der Waals surface area contributed by atoms with Crippen LogP contribution in [-0.4, -0.2) is 12.3 Å². The minimum Gasteiger partial charge on any atom is -0.363 e. The first-order chi connectivity index (χ1) is 3.79. The van der Waals surface area contributed by atoms with E-state index in [1.165, 1.54) is 0 Å². The van der Waals surface area contributed by atoms with Gasteiger partial charge in [0.1, 0.15) is 0 Å². The van der Waals surface area contributed by atoms with Gasteiger partial charge in [-0.2, -0.15) is 0 Å². The molecule has 0 radical (unpaired) electrons. The molecule has 1 fully saturated rings. The maximum Gasteiger partial charge on any atom is 0.0116 e. The molecule has 0 aliphatic carbocycles. The van der Waals surface area contributed by atoms with Crippen LogP contribution in [0.2, 0.25) is 0 Å². The molecule has 0 spiro atoms. The third kappa shape index (κ3) is 1.34. The molecule has 1 N–H and O–H groups in total. The van der Waals surface area contributed by atoms with Crippen molar-refractivity contribution in [3.05, 3.63) is 24.6 Å². The third-order valence-electron chi connectivity index (χ3n) is 1.03. The van der Waals surface area contributed by atoms with Crippen LogP contribution in [0.5, 0.6) is 0 Å². The van der Waals surface area contributed by atoms with E-state index in [0.717, 1.165) is 32.3 Å². The second kappa shape index (κ2) is 2.32. The fourth-order valence-electron chi connectivity index (χ4n) is 0.703. The lowest BCUT2D eigenvalue weighted by atomic mass is 10.4. The number of nitrogens with one attached hydrogen (secondary N) is 1. The van der Waals surface area contributed by atoms with E-state index in [1.807, 2.05) is 0 Å². The summed E-state index contributed by atoms with van der Waals surface area (Å²) in [4.78, 5) is 0. The summed E-state index contributed by atoms with van der Waals surface area (Å²) in [5.74, 6) is 0. The molecule has 1 rings (SSSR count). The predicted octanol–water partition coefficient (Wildman–Crippen LogP) is 1.30. The highest BCUT2D eigenvalue weighted by Gasteiger charge is 2.02. The predicted molar refractivity (Wildman–Crippen MR) is 39.5 cm³/mol. The van der Waals surface area contributed by atoms with Crippen LogP contribution < -0.4 is 5.32 Å². The van der Waals surface area contributed by atoms with Crippen molar-refractivity contribution >= 4 is 8.58 Å². The zero-order valence-electron chi connectivity index (χ0n) is 4.83. The summed E-state index contributed by atoms with van der Waals surface area (Å²) < 4.78 is 0. The standard InChI is InChI=1S/C6H10NP/c1-5-3-8-4-6(2)7-5/h7-8H,1-4H2. The molecular formula is C6H10NP. The lowest BCUT2D eigenvalue weighted by Crippen LogP contribution is -2.18. The normalized spacial score (nSPS) is 20.5. The monoisotopic (exact) mass is 127 g/mol. The van der Waals surface area contributed by atoms with Gasteiger partial charge in [-0.1, -0.05) is 13.2 Å². The summed E-state index contributed by atoms with van der Waals surface area (Å²) in [5, 5.41) is 3.10. The van der Waals surface area contributed by atoms with Gasteiger partial charge in [0.15, 0.2) is 0 Å². The first-order valence-corrected chi connectivity index (χ1v) is 4.04. The minimum absolute atomic E-state index is 1.00. The average molecular weight is 127 g/mol. The zero-order chi connectivity index (χ0) is 5.98. The van der Waals surface area contributed by atoms with Crippen molar-refractivity contribution < 1.29 is 0 Å². The highest BCUT2D eigenvalue weighted by atomic mass is 31.1. The Labute approximate surface area is 51.6 Å². The van der Waals surface area contributed by atoms with Crippen LogP contribution in [0.15, 0.2) is 24.6 Å². The first-order valence-electron chi connectivity index (χ1n) is 2.62. The van der Waals surface area contributed by atoms with Gasteiger partial charge in [0.25, 0.3) is 0 Å². The van der Waals surface area contributed by atoms with Gasteiger partial charge in [-0.3, -0.25) is 0 Å². The zero-order valence-corrected chi connectivity index (χ0v) is 5.83. The van der Waals surface area contributed by atoms with Crippen molar-refractivity contribution in [2.45, 2.75) is 0 Å². The van der Waals surface area contributed by atoms with Crippen LogP contribution in [0.25, 0.3) is 0 Å². The molecule has 0 aromatic rings. The maximum absolute atomic E-state index is 3.80. The van der Waals surface area contributed by atoms with Gasteiger partial charge >= 0.3 is 0 Å². The molecule has 44 valence electrons. The van der Waals surface area contributed by atoms with Gasteiger partial charge < -0.3 is 5.32 Å². The van der Waals surface area contributed by atoms with Crippen molar-refractivity contribution in [1.29, 1.82) is 0 Å². The molecule has 0 aromatic heterocycles. The Hall–Kier alpha value is -0.290. The van der Waals surface area contributed by atoms with Gasteiger partial charge in [0.05, 0.1) is 0 Å². The minimum atomic E-state index is 1.00. The van der Waals surface area contributed by atoms with Gasteiger partial charge in [-0.25, -0.2) is 0 Å². The summed E-state index contributed by atoms with van der Waals surface area (Å²) in [6.07, 6.45) is 2.28. The molecule has 1 nitrogen and oxygen atoms in total. The Morgan fingerprint density at radius 2 is 1.75 bits per heavy atom. The smallest absolute Gasteiger partial charge is 0.0116 e. The van der Waals surface area contributed by atoms with E-state index in [4.69, 9.17) is 0 Å². The molecule has 1 heterocycles. The Morgan fingerprint density at radius 3 is 2.00 bits per heavy atom. The Morgan fingerprint density at radius 1 is 1.25 bits per heavy atom. The fourth-order valence-corrected chi connectivity index (χ4v) is 1.61. The van der Waals surface area contributed by atoms with E-state index in [-0.39, 0.29) is 0 Å². The average Bonchev–Trinajstić information content (AvgIpc) is 1.64. The van der Waals surface area contributed by atoms with Crippen molar-refractivity contribution in [3.8, 4) is 0 Å². The van der Waals surface area contributed by atoms with E-state index in [2.05, 4.69) is 18.5 Å². The second-order valence-corrected chi connectivity index (χ2v) is 3.14. The summed E-state index contributed by atoms with van der Waals surface area (Å²) in [6, 6.07) is 0. The van der Waals surface area contributed by atoms with E-state index in [0.29, 0.717) is 0 Å². The molecule has 0 atom stereocenters.